The lowest BCUT2D eigenvalue weighted by Gasteiger charge is -2.18. The number of nitrogens with zero attached hydrogens (tertiary/aromatic N) is 2. The zero-order valence-corrected chi connectivity index (χ0v) is 11.9. The fourth-order valence-electron chi connectivity index (χ4n) is 2.41. The van der Waals surface area contributed by atoms with E-state index < -0.39 is 12.7 Å². The van der Waals surface area contributed by atoms with Gasteiger partial charge in [0.05, 0.1) is 17.2 Å². The van der Waals surface area contributed by atoms with E-state index in [2.05, 4.69) is 10.3 Å². The molecule has 1 aliphatic heterocycles. The Kier molecular flexibility index (Phi) is 4.47. The zero-order valence-electron chi connectivity index (χ0n) is 11.0. The van der Waals surface area contributed by atoms with Crippen molar-refractivity contribution in [3.8, 4) is 0 Å². The Balaban J connectivity index is 2.07. The fraction of sp³-hybridized carbons (Fsp3) is 0.750. The van der Waals surface area contributed by atoms with Crippen LogP contribution in [0, 0.1) is 6.92 Å². The minimum Gasteiger partial charge on any atom is -0.316 e. The Morgan fingerprint density at radius 1 is 1.47 bits per heavy atom. The highest BCUT2D eigenvalue weighted by atomic mass is 32.1. The van der Waals surface area contributed by atoms with Gasteiger partial charge in [0.25, 0.3) is 0 Å². The Morgan fingerprint density at radius 3 is 2.79 bits per heavy atom. The van der Waals surface area contributed by atoms with Crippen molar-refractivity contribution < 1.29 is 13.2 Å². The van der Waals surface area contributed by atoms with Crippen LogP contribution in [0.15, 0.2) is 0 Å². The van der Waals surface area contributed by atoms with E-state index in [1.807, 2.05) is 6.92 Å². The second-order valence-corrected chi connectivity index (χ2v) is 6.26. The predicted octanol–water partition coefficient (Wildman–Crippen LogP) is 2.52. The van der Waals surface area contributed by atoms with E-state index in [1.54, 1.807) is 11.3 Å². The molecule has 0 unspecified atom stereocenters. The molecule has 0 bridgehead atoms. The van der Waals surface area contributed by atoms with Crippen LogP contribution in [0.25, 0.3) is 0 Å². The minimum atomic E-state index is -4.16. The molecule has 2 rings (SSSR count). The standard InChI is InChI=1S/C12H18F3N3S/c1-8-17-10(6-18(2)7-12(13,14)15)11(19-8)9-3-4-16-5-9/h9,16H,3-7H2,1-2H3/t9-/m0/s1. The number of hydrogen-bond acceptors (Lipinski definition) is 4. The molecule has 1 atom stereocenters. The second-order valence-electron chi connectivity index (χ2n) is 5.02. The monoisotopic (exact) mass is 293 g/mol. The lowest BCUT2D eigenvalue weighted by atomic mass is 10.1. The third-order valence-electron chi connectivity index (χ3n) is 3.13. The summed E-state index contributed by atoms with van der Waals surface area (Å²) in [4.78, 5) is 6.83. The Labute approximate surface area is 114 Å². The quantitative estimate of drug-likeness (QED) is 0.924. The highest BCUT2D eigenvalue weighted by Gasteiger charge is 2.30. The fourth-order valence-corrected chi connectivity index (χ4v) is 3.48. The summed E-state index contributed by atoms with van der Waals surface area (Å²) in [7, 11) is 1.48. The number of alkyl halides is 3. The summed E-state index contributed by atoms with van der Waals surface area (Å²) >= 11 is 1.61. The Hall–Kier alpha value is -0.660. The van der Waals surface area contributed by atoms with Crippen molar-refractivity contribution in [1.82, 2.24) is 15.2 Å². The average molecular weight is 293 g/mol. The van der Waals surface area contributed by atoms with Crippen LogP contribution in [0.3, 0.4) is 0 Å². The molecule has 1 fully saturated rings. The lowest BCUT2D eigenvalue weighted by Crippen LogP contribution is -2.31. The number of rotatable bonds is 4. The number of nitrogens with one attached hydrogen (secondary N) is 1. The van der Waals surface area contributed by atoms with E-state index in [-0.39, 0.29) is 6.54 Å². The molecule has 0 aliphatic carbocycles. The number of halogens is 3. The van der Waals surface area contributed by atoms with Gasteiger partial charge in [0.2, 0.25) is 0 Å². The van der Waals surface area contributed by atoms with E-state index in [0.29, 0.717) is 5.92 Å². The maximum Gasteiger partial charge on any atom is 0.401 e. The number of aromatic nitrogens is 1. The number of hydrogen-bond donors (Lipinski definition) is 1. The molecule has 19 heavy (non-hydrogen) atoms. The van der Waals surface area contributed by atoms with Gasteiger partial charge >= 0.3 is 6.18 Å². The first-order valence-corrected chi connectivity index (χ1v) is 7.09. The average Bonchev–Trinajstić information content (AvgIpc) is 2.83. The van der Waals surface area contributed by atoms with Crippen molar-refractivity contribution in [3.05, 3.63) is 15.6 Å². The van der Waals surface area contributed by atoms with Crippen LogP contribution in [-0.2, 0) is 6.54 Å². The van der Waals surface area contributed by atoms with E-state index in [1.165, 1.54) is 11.9 Å². The van der Waals surface area contributed by atoms with Gasteiger partial charge in [-0.05, 0) is 26.9 Å². The second kappa shape index (κ2) is 5.76. The minimum absolute atomic E-state index is 0.260. The highest BCUT2D eigenvalue weighted by Crippen LogP contribution is 2.31. The van der Waals surface area contributed by atoms with Crippen molar-refractivity contribution in [3.63, 3.8) is 0 Å². The van der Waals surface area contributed by atoms with E-state index >= 15 is 0 Å². The molecule has 7 heteroatoms. The Morgan fingerprint density at radius 2 is 2.21 bits per heavy atom. The lowest BCUT2D eigenvalue weighted by molar-refractivity contribution is -0.144. The molecule has 1 aromatic rings. The zero-order chi connectivity index (χ0) is 14.0. The van der Waals surface area contributed by atoms with E-state index in [4.69, 9.17) is 0 Å². The summed E-state index contributed by atoms with van der Waals surface area (Å²) in [5.74, 6) is 0.403. The summed E-state index contributed by atoms with van der Waals surface area (Å²) in [5.41, 5.74) is 0.808. The molecule has 3 nitrogen and oxygen atoms in total. The van der Waals surface area contributed by atoms with Gasteiger partial charge < -0.3 is 5.32 Å². The molecule has 0 saturated carbocycles. The molecule has 108 valence electrons. The van der Waals surface area contributed by atoms with E-state index in [0.717, 1.165) is 35.1 Å². The molecular formula is C12H18F3N3S. The van der Waals surface area contributed by atoms with Crippen molar-refractivity contribution in [2.75, 3.05) is 26.7 Å². The SMILES string of the molecule is Cc1nc(CN(C)CC(F)(F)F)c([C@H]2CCNC2)s1. The van der Waals surface area contributed by atoms with E-state index in [9.17, 15) is 13.2 Å². The summed E-state index contributed by atoms with van der Waals surface area (Å²) in [6, 6.07) is 0. The molecule has 0 aromatic carbocycles. The summed E-state index contributed by atoms with van der Waals surface area (Å²) in [6.45, 7) is 3.14. The van der Waals surface area contributed by atoms with Crippen molar-refractivity contribution in [1.29, 1.82) is 0 Å². The number of thiazole rings is 1. The maximum atomic E-state index is 12.3. The van der Waals surface area contributed by atoms with Gasteiger partial charge in [0, 0.05) is 23.9 Å². The largest absolute Gasteiger partial charge is 0.401 e. The van der Waals surface area contributed by atoms with Gasteiger partial charge in [-0.1, -0.05) is 0 Å². The molecular weight excluding hydrogens is 275 g/mol. The van der Waals surface area contributed by atoms with Crippen molar-refractivity contribution >= 4 is 11.3 Å². The first-order chi connectivity index (χ1) is 8.85. The number of aryl methyl sites for hydroxylation is 1. The summed E-state index contributed by atoms with van der Waals surface area (Å²) < 4.78 is 37.0. The van der Waals surface area contributed by atoms with Crippen LogP contribution < -0.4 is 5.32 Å². The third kappa shape index (κ3) is 4.15. The summed E-state index contributed by atoms with van der Waals surface area (Å²) in [5, 5.41) is 4.21. The van der Waals surface area contributed by atoms with Gasteiger partial charge in [-0.25, -0.2) is 4.98 Å². The maximum absolute atomic E-state index is 12.3. The van der Waals surface area contributed by atoms with Gasteiger partial charge in [0.15, 0.2) is 0 Å². The molecule has 2 heterocycles. The van der Waals surface area contributed by atoms with Crippen LogP contribution >= 0.6 is 11.3 Å². The molecule has 1 saturated heterocycles. The summed E-state index contributed by atoms with van der Waals surface area (Å²) in [6.07, 6.45) is -3.12. The van der Waals surface area contributed by atoms with Crippen LogP contribution in [0.5, 0.6) is 0 Å². The first kappa shape index (κ1) is 14.7. The highest BCUT2D eigenvalue weighted by molar-refractivity contribution is 7.11. The van der Waals surface area contributed by atoms with Gasteiger partial charge in [0.1, 0.15) is 0 Å². The Bertz CT molecular complexity index is 424. The first-order valence-electron chi connectivity index (χ1n) is 6.27. The van der Waals surface area contributed by atoms with Crippen LogP contribution in [0.1, 0.15) is 27.9 Å². The van der Waals surface area contributed by atoms with Gasteiger partial charge in [-0.2, -0.15) is 13.2 Å². The predicted molar refractivity (Wildman–Crippen MR) is 69.5 cm³/mol. The smallest absolute Gasteiger partial charge is 0.316 e. The molecule has 1 aliphatic rings. The molecule has 0 amide bonds. The van der Waals surface area contributed by atoms with Crippen LogP contribution in [0.2, 0.25) is 0 Å². The topological polar surface area (TPSA) is 28.2 Å². The third-order valence-corrected chi connectivity index (χ3v) is 4.31. The molecule has 1 N–H and O–H groups in total. The van der Waals surface area contributed by atoms with Crippen molar-refractivity contribution in [2.24, 2.45) is 0 Å². The normalized spacial score (nSPS) is 20.4. The van der Waals surface area contributed by atoms with Crippen LogP contribution in [0.4, 0.5) is 13.2 Å². The molecule has 0 radical (unpaired) electrons. The van der Waals surface area contributed by atoms with Gasteiger partial charge in [-0.15, -0.1) is 11.3 Å². The van der Waals surface area contributed by atoms with Gasteiger partial charge in [-0.3, -0.25) is 4.90 Å². The van der Waals surface area contributed by atoms with Crippen molar-refractivity contribution in [2.45, 2.75) is 32.0 Å². The molecule has 0 spiro atoms. The van der Waals surface area contributed by atoms with Crippen LogP contribution in [-0.4, -0.2) is 42.7 Å². The molecule has 1 aromatic heterocycles.